The van der Waals surface area contributed by atoms with Gasteiger partial charge in [0.15, 0.2) is 5.75 Å². The Balaban J connectivity index is 1.83. The van der Waals surface area contributed by atoms with E-state index in [0.29, 0.717) is 28.7 Å². The minimum atomic E-state index is -0.707. The Morgan fingerprint density at radius 3 is 2.60 bits per heavy atom. The van der Waals surface area contributed by atoms with Crippen LogP contribution in [-0.2, 0) is 4.79 Å². The van der Waals surface area contributed by atoms with Crippen LogP contribution in [0.1, 0.15) is 29.6 Å². The molecular formula is C20H19Cl2N3O5. The molecule has 0 radical (unpaired) electrons. The summed E-state index contributed by atoms with van der Waals surface area (Å²) in [5, 5.41) is 14.7. The molecule has 10 heteroatoms. The zero-order valence-corrected chi connectivity index (χ0v) is 17.6. The van der Waals surface area contributed by atoms with Crippen LogP contribution >= 0.6 is 23.2 Å². The van der Waals surface area contributed by atoms with Crippen LogP contribution in [-0.4, -0.2) is 41.3 Å². The van der Waals surface area contributed by atoms with E-state index in [4.69, 9.17) is 27.9 Å². The summed E-state index contributed by atoms with van der Waals surface area (Å²) in [6, 6.07) is 8.01. The predicted octanol–water partition coefficient (Wildman–Crippen LogP) is 4.54. The van der Waals surface area contributed by atoms with Gasteiger partial charge < -0.3 is 15.0 Å². The van der Waals surface area contributed by atoms with Gasteiger partial charge in [0.2, 0.25) is 5.91 Å². The number of amides is 2. The SMILES string of the molecule is COc1ccc(C(=O)N2CCCCC2C(=O)Nc2ccc(Cl)c(Cl)c2)cc1[N+](=O)[O-]. The molecule has 1 N–H and O–H groups in total. The molecule has 1 heterocycles. The van der Waals surface area contributed by atoms with E-state index in [0.717, 1.165) is 12.8 Å². The Morgan fingerprint density at radius 1 is 1.17 bits per heavy atom. The number of nitrogens with one attached hydrogen (secondary N) is 1. The zero-order chi connectivity index (χ0) is 21.8. The van der Waals surface area contributed by atoms with Crippen molar-refractivity contribution in [1.82, 2.24) is 4.90 Å². The molecule has 2 aromatic carbocycles. The van der Waals surface area contributed by atoms with Crippen molar-refractivity contribution in [1.29, 1.82) is 0 Å². The first-order valence-electron chi connectivity index (χ1n) is 9.21. The van der Waals surface area contributed by atoms with Gasteiger partial charge in [-0.1, -0.05) is 23.2 Å². The molecule has 8 nitrogen and oxygen atoms in total. The minimum absolute atomic E-state index is 0.0594. The third kappa shape index (κ3) is 4.66. The van der Waals surface area contributed by atoms with Crippen LogP contribution in [0.2, 0.25) is 10.0 Å². The molecule has 1 saturated heterocycles. The lowest BCUT2D eigenvalue weighted by atomic mass is 9.99. The average molecular weight is 452 g/mol. The summed E-state index contributed by atoms with van der Waals surface area (Å²) < 4.78 is 4.98. The average Bonchev–Trinajstić information content (AvgIpc) is 2.75. The van der Waals surface area contributed by atoms with Crippen LogP contribution in [0.4, 0.5) is 11.4 Å². The van der Waals surface area contributed by atoms with Gasteiger partial charge in [-0.3, -0.25) is 19.7 Å². The number of benzene rings is 2. The molecule has 1 fully saturated rings. The maximum atomic E-state index is 13.1. The van der Waals surface area contributed by atoms with Gasteiger partial charge in [0, 0.05) is 23.9 Å². The number of nitro groups is 1. The van der Waals surface area contributed by atoms with Crippen molar-refractivity contribution in [3.63, 3.8) is 0 Å². The Bertz CT molecular complexity index is 998. The van der Waals surface area contributed by atoms with Gasteiger partial charge in [0.25, 0.3) is 5.91 Å². The van der Waals surface area contributed by atoms with Crippen LogP contribution in [0, 0.1) is 10.1 Å². The maximum absolute atomic E-state index is 13.1. The fourth-order valence-electron chi connectivity index (χ4n) is 3.38. The minimum Gasteiger partial charge on any atom is -0.490 e. The van der Waals surface area contributed by atoms with E-state index < -0.39 is 16.9 Å². The zero-order valence-electron chi connectivity index (χ0n) is 16.1. The number of halogens is 2. The summed E-state index contributed by atoms with van der Waals surface area (Å²) in [5.41, 5.74) is 0.279. The fraction of sp³-hybridized carbons (Fsp3) is 0.300. The summed E-state index contributed by atoms with van der Waals surface area (Å²) in [7, 11) is 1.32. The largest absolute Gasteiger partial charge is 0.490 e. The van der Waals surface area contributed by atoms with Gasteiger partial charge >= 0.3 is 5.69 Å². The first-order valence-corrected chi connectivity index (χ1v) is 9.96. The van der Waals surface area contributed by atoms with Gasteiger partial charge in [0.1, 0.15) is 6.04 Å². The standard InChI is InChI=1S/C20H19Cl2N3O5/c1-30-18-8-5-12(10-17(18)25(28)29)20(27)24-9-3-2-4-16(24)19(26)23-13-6-7-14(21)15(22)11-13/h5-8,10-11,16H,2-4,9H2,1H3,(H,23,26). The third-order valence-corrected chi connectivity index (χ3v) is 5.61. The van der Waals surface area contributed by atoms with Crippen molar-refractivity contribution >= 4 is 46.4 Å². The molecule has 0 spiro atoms. The van der Waals surface area contributed by atoms with Crippen LogP contribution < -0.4 is 10.1 Å². The molecule has 2 aromatic rings. The van der Waals surface area contributed by atoms with Crippen molar-refractivity contribution in [2.24, 2.45) is 0 Å². The van der Waals surface area contributed by atoms with Crippen LogP contribution in [0.15, 0.2) is 36.4 Å². The smallest absolute Gasteiger partial charge is 0.311 e. The number of carbonyl (C=O) groups is 2. The van der Waals surface area contributed by atoms with E-state index in [-0.39, 0.29) is 22.9 Å². The van der Waals surface area contributed by atoms with E-state index in [1.165, 1.54) is 36.3 Å². The van der Waals surface area contributed by atoms with Gasteiger partial charge in [-0.05, 0) is 49.6 Å². The molecule has 0 aliphatic carbocycles. The molecule has 1 aliphatic heterocycles. The molecule has 1 atom stereocenters. The monoisotopic (exact) mass is 451 g/mol. The van der Waals surface area contributed by atoms with Gasteiger partial charge in [0.05, 0.1) is 22.1 Å². The fourth-order valence-corrected chi connectivity index (χ4v) is 3.68. The topological polar surface area (TPSA) is 102 Å². The lowest BCUT2D eigenvalue weighted by molar-refractivity contribution is -0.385. The summed E-state index contributed by atoms with van der Waals surface area (Å²) >= 11 is 11.9. The third-order valence-electron chi connectivity index (χ3n) is 4.88. The number of hydrogen-bond donors (Lipinski definition) is 1. The number of hydrogen-bond acceptors (Lipinski definition) is 5. The van der Waals surface area contributed by atoms with E-state index in [9.17, 15) is 19.7 Å². The molecular weight excluding hydrogens is 433 g/mol. The molecule has 158 valence electrons. The Hall–Kier alpha value is -2.84. The number of nitrogens with zero attached hydrogens (tertiary/aromatic N) is 2. The first-order chi connectivity index (χ1) is 14.3. The lowest BCUT2D eigenvalue weighted by Crippen LogP contribution is -2.50. The molecule has 2 amide bonds. The van der Waals surface area contributed by atoms with Gasteiger partial charge in [-0.15, -0.1) is 0 Å². The van der Waals surface area contributed by atoms with Crippen molar-refractivity contribution in [3.05, 3.63) is 62.1 Å². The molecule has 0 aromatic heterocycles. The van der Waals surface area contributed by atoms with Crippen LogP contribution in [0.5, 0.6) is 5.75 Å². The second kappa shape index (κ2) is 9.32. The molecule has 0 saturated carbocycles. The molecule has 1 unspecified atom stereocenters. The number of anilines is 1. The van der Waals surface area contributed by atoms with Gasteiger partial charge in [-0.2, -0.15) is 0 Å². The van der Waals surface area contributed by atoms with E-state index in [2.05, 4.69) is 5.32 Å². The van der Waals surface area contributed by atoms with Crippen molar-refractivity contribution in [3.8, 4) is 5.75 Å². The number of piperidine rings is 1. The second-order valence-corrected chi connectivity index (χ2v) is 7.59. The van der Waals surface area contributed by atoms with Crippen LogP contribution in [0.3, 0.4) is 0 Å². The normalized spacial score (nSPS) is 16.1. The number of rotatable bonds is 5. The summed E-state index contributed by atoms with van der Waals surface area (Å²) in [6.45, 7) is 0.373. The molecule has 30 heavy (non-hydrogen) atoms. The Kier molecular flexibility index (Phi) is 6.79. The highest BCUT2D eigenvalue weighted by Gasteiger charge is 2.33. The first kappa shape index (κ1) is 21.9. The number of ether oxygens (including phenoxy) is 1. The highest BCUT2D eigenvalue weighted by Crippen LogP contribution is 2.30. The maximum Gasteiger partial charge on any atom is 0.311 e. The second-order valence-electron chi connectivity index (χ2n) is 6.77. The predicted molar refractivity (Wildman–Crippen MR) is 113 cm³/mol. The molecule has 1 aliphatic rings. The summed E-state index contributed by atoms with van der Waals surface area (Å²) in [6.07, 6.45) is 2.00. The quantitative estimate of drug-likeness (QED) is 0.530. The number of methoxy groups -OCH3 is 1. The van der Waals surface area contributed by atoms with E-state index in [1.54, 1.807) is 12.1 Å². The van der Waals surface area contributed by atoms with Crippen molar-refractivity contribution < 1.29 is 19.2 Å². The van der Waals surface area contributed by atoms with Crippen molar-refractivity contribution in [2.45, 2.75) is 25.3 Å². The Labute approximate surface area is 182 Å². The van der Waals surface area contributed by atoms with Crippen LogP contribution in [0.25, 0.3) is 0 Å². The molecule has 3 rings (SSSR count). The summed E-state index contributed by atoms with van der Waals surface area (Å²) in [4.78, 5) is 38.1. The lowest BCUT2D eigenvalue weighted by Gasteiger charge is -2.34. The van der Waals surface area contributed by atoms with Crippen molar-refractivity contribution in [2.75, 3.05) is 19.0 Å². The number of carbonyl (C=O) groups excluding carboxylic acids is 2. The number of likely N-dealkylation sites (tertiary alicyclic amines) is 1. The highest BCUT2D eigenvalue weighted by atomic mass is 35.5. The summed E-state index contributed by atoms with van der Waals surface area (Å²) in [5.74, 6) is -0.747. The van der Waals surface area contributed by atoms with E-state index >= 15 is 0 Å². The van der Waals surface area contributed by atoms with Gasteiger partial charge in [-0.25, -0.2) is 0 Å². The van der Waals surface area contributed by atoms with E-state index in [1.807, 2.05) is 0 Å². The highest BCUT2D eigenvalue weighted by molar-refractivity contribution is 6.42. The number of nitro benzene ring substituents is 1. The molecule has 0 bridgehead atoms. The Morgan fingerprint density at radius 2 is 1.93 bits per heavy atom.